The van der Waals surface area contributed by atoms with E-state index >= 15 is 0 Å². The molecule has 1 amide bonds. The normalized spacial score (nSPS) is 12.1. The second kappa shape index (κ2) is 6.94. The topological polar surface area (TPSA) is 72.7 Å². The molecule has 4 rings (SSSR count). The van der Waals surface area contributed by atoms with E-state index in [9.17, 15) is 14.9 Å². The molecule has 0 atom stereocenters. The Hall–Kier alpha value is -3.03. The molecule has 1 aliphatic heterocycles. The lowest BCUT2D eigenvalue weighted by Gasteiger charge is -2.30. The van der Waals surface area contributed by atoms with E-state index in [4.69, 9.17) is 16.3 Å². The second-order valence-corrected chi connectivity index (χ2v) is 7.13. The smallest absolute Gasteiger partial charge is 0.402 e. The van der Waals surface area contributed by atoms with E-state index in [2.05, 4.69) is 0 Å². The van der Waals surface area contributed by atoms with Crippen LogP contribution in [0.25, 0.3) is 0 Å². The zero-order valence-electron chi connectivity index (χ0n) is 13.7. The Bertz CT molecular complexity index is 1030. The summed E-state index contributed by atoms with van der Waals surface area (Å²) in [4.78, 5) is 26.8. The lowest BCUT2D eigenvalue weighted by Crippen LogP contribution is -2.31. The number of rotatable bonds is 2. The van der Waals surface area contributed by atoms with Crippen molar-refractivity contribution in [3.63, 3.8) is 0 Å². The summed E-state index contributed by atoms with van der Waals surface area (Å²) in [7, 11) is 0. The van der Waals surface area contributed by atoms with Gasteiger partial charge >= 0.3 is 11.8 Å². The number of amides is 1. The molecule has 134 valence electrons. The van der Waals surface area contributed by atoms with E-state index in [1.165, 1.54) is 17.0 Å². The zero-order valence-corrected chi connectivity index (χ0v) is 15.2. The Kier molecular flexibility index (Phi) is 4.47. The minimum Gasteiger partial charge on any atom is -0.402 e. The van der Waals surface area contributed by atoms with Crippen molar-refractivity contribution in [2.24, 2.45) is 0 Å². The van der Waals surface area contributed by atoms with Gasteiger partial charge in [-0.1, -0.05) is 47.6 Å². The average molecular weight is 399 g/mol. The molecule has 0 fully saturated rings. The minimum absolute atomic E-state index is 0.164. The first kappa shape index (κ1) is 17.4. The zero-order chi connectivity index (χ0) is 19.0. The highest BCUT2D eigenvalue weighted by Crippen LogP contribution is 2.48. The lowest BCUT2D eigenvalue weighted by molar-refractivity contribution is -0.385. The summed E-state index contributed by atoms with van der Waals surface area (Å²) >= 11 is 7.37. The molecular formula is C19H11ClN2O4S. The number of fused-ring (bicyclic) bond motifs is 2. The fourth-order valence-electron chi connectivity index (χ4n) is 2.76. The summed E-state index contributed by atoms with van der Waals surface area (Å²) < 4.78 is 5.39. The molecule has 1 heterocycles. The summed E-state index contributed by atoms with van der Waals surface area (Å²) in [6.45, 7) is 0. The number of benzene rings is 3. The number of hydrogen-bond donors (Lipinski definition) is 0. The van der Waals surface area contributed by atoms with Crippen LogP contribution in [0, 0.1) is 10.1 Å². The molecule has 1 aliphatic rings. The van der Waals surface area contributed by atoms with Gasteiger partial charge in [0, 0.05) is 20.9 Å². The molecule has 0 aromatic heterocycles. The first-order valence-electron chi connectivity index (χ1n) is 7.86. The number of hydrogen-bond acceptors (Lipinski definition) is 5. The van der Waals surface area contributed by atoms with Gasteiger partial charge in [0.25, 0.3) is 0 Å². The third-order valence-electron chi connectivity index (χ3n) is 3.93. The Morgan fingerprint density at radius 2 is 1.59 bits per heavy atom. The number of para-hydroxylation sites is 2. The monoisotopic (exact) mass is 398 g/mol. The van der Waals surface area contributed by atoms with Crippen LogP contribution >= 0.6 is 23.4 Å². The van der Waals surface area contributed by atoms with E-state index < -0.39 is 11.0 Å². The standard InChI is InChI=1S/C19H11ClN2O4S/c20-12-9-10-16(15(11-12)22(24)25)26-19(23)21-13-5-1-3-7-17(13)27-18-8-4-2-6-14(18)21/h1-11H. The molecule has 0 saturated carbocycles. The number of carbonyl (C=O) groups excluding carboxylic acids is 1. The molecule has 3 aromatic carbocycles. The van der Waals surface area contributed by atoms with Crippen molar-refractivity contribution in [2.45, 2.75) is 9.79 Å². The maximum absolute atomic E-state index is 13.0. The second-order valence-electron chi connectivity index (χ2n) is 5.61. The number of carbonyl (C=O) groups is 1. The van der Waals surface area contributed by atoms with Gasteiger partial charge in [-0.25, -0.2) is 9.69 Å². The van der Waals surface area contributed by atoms with Gasteiger partial charge in [-0.15, -0.1) is 0 Å². The van der Waals surface area contributed by atoms with Crippen molar-refractivity contribution < 1.29 is 14.5 Å². The maximum Gasteiger partial charge on any atom is 0.424 e. The van der Waals surface area contributed by atoms with Crippen molar-refractivity contribution in [2.75, 3.05) is 4.90 Å². The van der Waals surface area contributed by atoms with Crippen LogP contribution in [0.5, 0.6) is 5.75 Å². The molecule has 8 heteroatoms. The first-order valence-corrected chi connectivity index (χ1v) is 9.06. The highest BCUT2D eigenvalue weighted by atomic mass is 35.5. The lowest BCUT2D eigenvalue weighted by atomic mass is 10.2. The summed E-state index contributed by atoms with van der Waals surface area (Å²) in [5.41, 5.74) is 0.939. The van der Waals surface area contributed by atoms with Crippen molar-refractivity contribution in [3.05, 3.63) is 81.9 Å². The highest BCUT2D eigenvalue weighted by Gasteiger charge is 2.30. The number of anilines is 2. The van der Waals surface area contributed by atoms with Gasteiger partial charge in [-0.3, -0.25) is 10.1 Å². The largest absolute Gasteiger partial charge is 0.424 e. The minimum atomic E-state index is -0.736. The first-order chi connectivity index (χ1) is 13.0. The van der Waals surface area contributed by atoms with E-state index in [1.807, 2.05) is 36.4 Å². The third kappa shape index (κ3) is 3.22. The molecule has 0 unspecified atom stereocenters. The van der Waals surface area contributed by atoms with Gasteiger partial charge < -0.3 is 4.74 Å². The predicted octanol–water partition coefficient (Wildman–Crippen LogP) is 6.05. The Morgan fingerprint density at radius 3 is 2.19 bits per heavy atom. The molecule has 0 saturated heterocycles. The molecule has 3 aromatic rings. The molecule has 0 radical (unpaired) electrons. The quantitative estimate of drug-likeness (QED) is 0.388. The SMILES string of the molecule is O=C(Oc1ccc(Cl)cc1[N+](=O)[O-])N1c2ccccc2Sc2ccccc21. The highest BCUT2D eigenvalue weighted by molar-refractivity contribution is 7.99. The maximum atomic E-state index is 13.0. The van der Waals surface area contributed by atoms with Crippen molar-refractivity contribution in [1.29, 1.82) is 0 Å². The molecule has 0 aliphatic carbocycles. The summed E-state index contributed by atoms with van der Waals surface area (Å²) in [5, 5.41) is 11.5. The molecular weight excluding hydrogens is 388 g/mol. The van der Waals surface area contributed by atoms with Gasteiger partial charge in [-0.2, -0.15) is 0 Å². The van der Waals surface area contributed by atoms with Crippen LogP contribution in [0.1, 0.15) is 0 Å². The Balaban J connectivity index is 1.76. The average Bonchev–Trinajstić information content (AvgIpc) is 2.67. The number of ether oxygens (including phenoxy) is 1. The van der Waals surface area contributed by atoms with Crippen LogP contribution < -0.4 is 9.64 Å². The molecule has 0 N–H and O–H groups in total. The van der Waals surface area contributed by atoms with Crippen LogP contribution in [-0.2, 0) is 0 Å². The van der Waals surface area contributed by atoms with Crippen LogP contribution in [0.15, 0.2) is 76.5 Å². The van der Waals surface area contributed by atoms with E-state index in [0.717, 1.165) is 15.9 Å². The summed E-state index contributed by atoms with van der Waals surface area (Å²) in [6, 6.07) is 18.7. The third-order valence-corrected chi connectivity index (χ3v) is 5.30. The number of nitro groups is 1. The molecule has 0 bridgehead atoms. The van der Waals surface area contributed by atoms with Crippen molar-refractivity contribution in [3.8, 4) is 5.75 Å². The van der Waals surface area contributed by atoms with Crippen LogP contribution in [-0.4, -0.2) is 11.0 Å². The fourth-order valence-corrected chi connectivity index (χ4v) is 3.98. The molecule has 0 spiro atoms. The molecule has 27 heavy (non-hydrogen) atoms. The van der Waals surface area contributed by atoms with E-state index in [0.29, 0.717) is 11.4 Å². The number of nitro benzene ring substituents is 1. The summed E-state index contributed by atoms with van der Waals surface area (Å²) in [6.07, 6.45) is -0.736. The van der Waals surface area contributed by atoms with E-state index in [1.54, 1.807) is 23.9 Å². The van der Waals surface area contributed by atoms with Crippen molar-refractivity contribution in [1.82, 2.24) is 0 Å². The predicted molar refractivity (Wildman–Crippen MR) is 103 cm³/mol. The van der Waals surface area contributed by atoms with Gasteiger partial charge in [-0.05, 0) is 36.4 Å². The Morgan fingerprint density at radius 1 is 1.00 bits per heavy atom. The van der Waals surface area contributed by atoms with Crippen LogP contribution in [0.3, 0.4) is 0 Å². The summed E-state index contributed by atoms with van der Waals surface area (Å²) in [5.74, 6) is -0.164. The van der Waals surface area contributed by atoms with Gasteiger partial charge in [0.15, 0.2) is 0 Å². The fraction of sp³-hybridized carbons (Fsp3) is 0. The number of nitrogens with zero attached hydrogens (tertiary/aromatic N) is 2. The number of halogens is 1. The van der Waals surface area contributed by atoms with Gasteiger partial charge in [0.2, 0.25) is 5.75 Å². The van der Waals surface area contributed by atoms with Gasteiger partial charge in [0.05, 0.1) is 16.3 Å². The van der Waals surface area contributed by atoms with Crippen molar-refractivity contribution >= 4 is 46.5 Å². The van der Waals surface area contributed by atoms with Crippen LogP contribution in [0.2, 0.25) is 5.02 Å². The van der Waals surface area contributed by atoms with Crippen LogP contribution in [0.4, 0.5) is 21.9 Å². The van der Waals surface area contributed by atoms with E-state index in [-0.39, 0.29) is 16.5 Å². The van der Waals surface area contributed by atoms with Gasteiger partial charge in [0.1, 0.15) is 0 Å². The Labute approximate surface area is 163 Å². The molecule has 6 nitrogen and oxygen atoms in total.